The van der Waals surface area contributed by atoms with E-state index in [0.717, 1.165) is 16.1 Å². The van der Waals surface area contributed by atoms with Crippen molar-refractivity contribution in [3.8, 4) is 5.75 Å². The second-order valence-electron chi connectivity index (χ2n) is 5.14. The smallest absolute Gasteiger partial charge is 0.129 e. The van der Waals surface area contributed by atoms with Crippen molar-refractivity contribution in [1.82, 2.24) is 4.98 Å². The molecular weight excluding hydrogens is 360 g/mol. The van der Waals surface area contributed by atoms with Crippen LogP contribution in [-0.2, 0) is 0 Å². The molecule has 3 rings (SSSR count). The molecule has 0 unspecified atom stereocenters. The number of aromatic nitrogens is 1. The van der Waals surface area contributed by atoms with Gasteiger partial charge in [-0.15, -0.1) is 11.3 Å². The van der Waals surface area contributed by atoms with E-state index in [-0.39, 0.29) is 5.75 Å². The van der Waals surface area contributed by atoms with E-state index in [1.807, 2.05) is 38.4 Å². The molecule has 0 bridgehead atoms. The average Bonchev–Trinajstić information content (AvgIpc) is 2.90. The van der Waals surface area contributed by atoms with Gasteiger partial charge in [-0.25, -0.2) is 4.98 Å². The number of phenols is 1. The lowest BCUT2D eigenvalue weighted by Gasteiger charge is -2.11. The standard InChI is InChI=1S/C17H15BrN2OS/c1-20(2)12-5-6-14-16(10-12)22-17(19-14)8-4-11-3-7-15(21)13(18)9-11/h3-10,21H,1-2H3/b8-4+. The Morgan fingerprint density at radius 1 is 1.14 bits per heavy atom. The largest absolute Gasteiger partial charge is 0.507 e. The van der Waals surface area contributed by atoms with Crippen LogP contribution in [0.1, 0.15) is 10.6 Å². The second-order valence-corrected chi connectivity index (χ2v) is 7.06. The predicted octanol–water partition coefficient (Wildman–Crippen LogP) is 5.00. The van der Waals surface area contributed by atoms with E-state index >= 15 is 0 Å². The van der Waals surface area contributed by atoms with Crippen LogP contribution in [0.5, 0.6) is 5.75 Å². The average molecular weight is 375 g/mol. The van der Waals surface area contributed by atoms with Crippen LogP contribution in [0.4, 0.5) is 5.69 Å². The molecule has 22 heavy (non-hydrogen) atoms. The van der Waals surface area contributed by atoms with Crippen LogP contribution in [0.15, 0.2) is 40.9 Å². The zero-order valence-corrected chi connectivity index (χ0v) is 14.6. The molecule has 112 valence electrons. The highest BCUT2D eigenvalue weighted by Crippen LogP contribution is 2.28. The van der Waals surface area contributed by atoms with Gasteiger partial charge in [0.05, 0.1) is 14.7 Å². The highest BCUT2D eigenvalue weighted by atomic mass is 79.9. The van der Waals surface area contributed by atoms with E-state index in [1.165, 1.54) is 10.4 Å². The molecule has 0 radical (unpaired) electrons. The van der Waals surface area contributed by atoms with Crippen molar-refractivity contribution in [2.75, 3.05) is 19.0 Å². The summed E-state index contributed by atoms with van der Waals surface area (Å²) >= 11 is 4.99. The normalized spacial score (nSPS) is 11.4. The van der Waals surface area contributed by atoms with Gasteiger partial charge >= 0.3 is 0 Å². The van der Waals surface area contributed by atoms with Gasteiger partial charge in [-0.2, -0.15) is 0 Å². The summed E-state index contributed by atoms with van der Waals surface area (Å²) in [6.45, 7) is 0. The van der Waals surface area contributed by atoms with Gasteiger partial charge in [0.1, 0.15) is 10.8 Å². The van der Waals surface area contributed by atoms with Gasteiger partial charge in [0.25, 0.3) is 0 Å². The Balaban J connectivity index is 1.90. The van der Waals surface area contributed by atoms with Crippen molar-refractivity contribution >= 4 is 55.3 Å². The SMILES string of the molecule is CN(C)c1ccc2nc(/C=C/c3ccc(O)c(Br)c3)sc2c1. The first kappa shape index (κ1) is 15.1. The third-order valence-electron chi connectivity index (χ3n) is 3.30. The fourth-order valence-electron chi connectivity index (χ4n) is 2.07. The molecule has 0 aliphatic rings. The summed E-state index contributed by atoms with van der Waals surface area (Å²) in [6, 6.07) is 11.7. The summed E-state index contributed by atoms with van der Waals surface area (Å²) in [6.07, 6.45) is 3.99. The summed E-state index contributed by atoms with van der Waals surface area (Å²) in [5.74, 6) is 0.244. The van der Waals surface area contributed by atoms with Crippen LogP contribution in [0.3, 0.4) is 0 Å². The van der Waals surface area contributed by atoms with Crippen LogP contribution >= 0.6 is 27.3 Å². The van der Waals surface area contributed by atoms with E-state index in [9.17, 15) is 5.11 Å². The highest BCUT2D eigenvalue weighted by Gasteiger charge is 2.04. The van der Waals surface area contributed by atoms with Crippen LogP contribution < -0.4 is 4.90 Å². The molecule has 0 saturated carbocycles. The van der Waals surface area contributed by atoms with Gasteiger partial charge in [0.15, 0.2) is 0 Å². The van der Waals surface area contributed by atoms with E-state index < -0.39 is 0 Å². The molecule has 0 atom stereocenters. The number of phenolic OH excluding ortho intramolecular Hbond substituents is 1. The first-order chi connectivity index (χ1) is 10.5. The lowest BCUT2D eigenvalue weighted by atomic mass is 10.2. The topological polar surface area (TPSA) is 36.4 Å². The number of halogens is 1. The van der Waals surface area contributed by atoms with Gasteiger partial charge in [-0.05, 0) is 57.9 Å². The lowest BCUT2D eigenvalue weighted by Crippen LogP contribution is -2.07. The van der Waals surface area contributed by atoms with Crippen LogP contribution in [-0.4, -0.2) is 24.2 Å². The van der Waals surface area contributed by atoms with Crippen molar-refractivity contribution in [2.45, 2.75) is 0 Å². The predicted molar refractivity (Wildman–Crippen MR) is 98.7 cm³/mol. The Kier molecular flexibility index (Phi) is 4.18. The Morgan fingerprint density at radius 3 is 2.68 bits per heavy atom. The fraction of sp³-hybridized carbons (Fsp3) is 0.118. The molecule has 0 saturated heterocycles. The van der Waals surface area contributed by atoms with Crippen molar-refractivity contribution in [3.63, 3.8) is 0 Å². The number of hydrogen-bond acceptors (Lipinski definition) is 4. The first-order valence-corrected chi connectivity index (χ1v) is 8.38. The molecule has 1 aromatic heterocycles. The van der Waals surface area contributed by atoms with Crippen LogP contribution in [0, 0.1) is 0 Å². The summed E-state index contributed by atoms with van der Waals surface area (Å²) < 4.78 is 1.87. The second kappa shape index (κ2) is 6.10. The van der Waals surface area contributed by atoms with Gasteiger partial charge in [-0.1, -0.05) is 12.1 Å². The molecule has 3 aromatic rings. The van der Waals surface area contributed by atoms with Crippen molar-refractivity contribution in [2.24, 2.45) is 0 Å². The molecule has 0 aliphatic carbocycles. The maximum absolute atomic E-state index is 9.51. The molecule has 0 aliphatic heterocycles. The maximum atomic E-state index is 9.51. The molecule has 1 N–H and O–H groups in total. The molecule has 2 aromatic carbocycles. The maximum Gasteiger partial charge on any atom is 0.129 e. The van der Waals surface area contributed by atoms with E-state index in [1.54, 1.807) is 17.4 Å². The van der Waals surface area contributed by atoms with Crippen LogP contribution in [0.2, 0.25) is 0 Å². The quantitative estimate of drug-likeness (QED) is 0.700. The molecule has 0 fully saturated rings. The number of thiazole rings is 1. The zero-order valence-electron chi connectivity index (χ0n) is 12.2. The van der Waals surface area contributed by atoms with Crippen molar-refractivity contribution in [3.05, 3.63) is 51.4 Å². The van der Waals surface area contributed by atoms with Crippen molar-refractivity contribution < 1.29 is 5.11 Å². The highest BCUT2D eigenvalue weighted by molar-refractivity contribution is 9.10. The minimum atomic E-state index is 0.244. The zero-order chi connectivity index (χ0) is 15.7. The van der Waals surface area contributed by atoms with Gasteiger partial charge in [0.2, 0.25) is 0 Å². The fourth-order valence-corrected chi connectivity index (χ4v) is 3.37. The number of aromatic hydroxyl groups is 1. The third kappa shape index (κ3) is 3.15. The molecule has 3 nitrogen and oxygen atoms in total. The molecule has 0 amide bonds. The summed E-state index contributed by atoms with van der Waals surface area (Å²) in [7, 11) is 4.07. The first-order valence-electron chi connectivity index (χ1n) is 6.77. The van der Waals surface area contributed by atoms with E-state index in [0.29, 0.717) is 4.47 Å². The monoisotopic (exact) mass is 374 g/mol. The number of anilines is 1. The molecule has 1 heterocycles. The summed E-state index contributed by atoms with van der Waals surface area (Å²) in [5.41, 5.74) is 3.20. The van der Waals surface area contributed by atoms with Gasteiger partial charge < -0.3 is 10.0 Å². The Labute approximate surface area is 141 Å². The summed E-state index contributed by atoms with van der Waals surface area (Å²) in [4.78, 5) is 6.71. The van der Waals surface area contributed by atoms with E-state index in [4.69, 9.17) is 0 Å². The molecule has 0 spiro atoms. The number of nitrogens with zero attached hydrogens (tertiary/aromatic N) is 2. The third-order valence-corrected chi connectivity index (χ3v) is 4.91. The Morgan fingerprint density at radius 2 is 1.95 bits per heavy atom. The number of hydrogen-bond donors (Lipinski definition) is 1. The Hall–Kier alpha value is -1.85. The van der Waals surface area contributed by atoms with E-state index in [2.05, 4.69) is 44.0 Å². The summed E-state index contributed by atoms with van der Waals surface area (Å²) in [5, 5.41) is 10.5. The van der Waals surface area contributed by atoms with Crippen molar-refractivity contribution in [1.29, 1.82) is 0 Å². The Bertz CT molecular complexity index is 855. The minimum absolute atomic E-state index is 0.244. The van der Waals surface area contributed by atoms with Crippen LogP contribution in [0.25, 0.3) is 22.4 Å². The molecular formula is C17H15BrN2OS. The van der Waals surface area contributed by atoms with Gasteiger partial charge in [-0.3, -0.25) is 0 Å². The number of fused-ring (bicyclic) bond motifs is 1. The molecule has 5 heteroatoms. The lowest BCUT2D eigenvalue weighted by molar-refractivity contribution is 0.472. The number of benzene rings is 2. The number of rotatable bonds is 3. The van der Waals surface area contributed by atoms with Gasteiger partial charge in [0, 0.05) is 19.8 Å². The minimum Gasteiger partial charge on any atom is -0.507 e.